The van der Waals surface area contributed by atoms with Crippen LogP contribution in [0.25, 0.3) is 0 Å². The molecule has 1 heterocycles. The molecule has 1 fully saturated rings. The van der Waals surface area contributed by atoms with Gasteiger partial charge in [0.2, 0.25) is 0 Å². The summed E-state index contributed by atoms with van der Waals surface area (Å²) in [6.07, 6.45) is 2.93. The summed E-state index contributed by atoms with van der Waals surface area (Å²) in [6.45, 7) is 1.37. The number of likely N-dealkylation sites (tertiary alicyclic amines) is 1. The van der Waals surface area contributed by atoms with E-state index in [-0.39, 0.29) is 11.6 Å². The molecule has 0 spiro atoms. The molecule has 6 nitrogen and oxygen atoms in total. The molecule has 3 rings (SSSR count). The molecule has 2 aromatic carbocycles. The number of carbonyl (C=O) groups is 1. The van der Waals surface area contributed by atoms with E-state index in [4.69, 9.17) is 0 Å². The zero-order valence-electron chi connectivity index (χ0n) is 14.9. The van der Waals surface area contributed by atoms with Crippen LogP contribution in [0.15, 0.2) is 48.5 Å². The van der Waals surface area contributed by atoms with Gasteiger partial charge < -0.3 is 10.2 Å². The Kier molecular flexibility index (Phi) is 5.51. The zero-order valence-corrected chi connectivity index (χ0v) is 14.9. The number of non-ortho nitro benzene ring substituents is 1. The molecule has 0 radical (unpaired) electrons. The van der Waals surface area contributed by atoms with Crippen LogP contribution in [-0.2, 0) is 6.42 Å². The molecule has 6 heteroatoms. The third-order valence-corrected chi connectivity index (χ3v) is 4.98. The van der Waals surface area contributed by atoms with Crippen LogP contribution in [0.4, 0.5) is 11.4 Å². The van der Waals surface area contributed by atoms with Crippen LogP contribution in [0.2, 0.25) is 0 Å². The first-order valence-corrected chi connectivity index (χ1v) is 8.88. The molecule has 0 saturated carbocycles. The number of carbonyl (C=O) groups excluding carboxylic acids is 1. The standard InChI is InChI=1S/C20H23N3O3/c1-21-19-8-7-17(23(25)26)14-18(19)20(24)22-11-9-16(10-12-22)13-15-5-3-2-4-6-15/h2-8,14,16,21H,9-13H2,1H3. The first kappa shape index (κ1) is 17.9. The van der Waals surface area contributed by atoms with E-state index >= 15 is 0 Å². The highest BCUT2D eigenvalue weighted by atomic mass is 16.6. The van der Waals surface area contributed by atoms with Gasteiger partial charge in [-0.15, -0.1) is 0 Å². The minimum absolute atomic E-state index is 0.0636. The first-order chi connectivity index (χ1) is 12.6. The van der Waals surface area contributed by atoms with Gasteiger partial charge in [0, 0.05) is 38.0 Å². The van der Waals surface area contributed by atoms with Gasteiger partial charge in [-0.3, -0.25) is 14.9 Å². The van der Waals surface area contributed by atoms with Crippen LogP contribution in [0.5, 0.6) is 0 Å². The van der Waals surface area contributed by atoms with Crippen molar-refractivity contribution < 1.29 is 9.72 Å². The number of nitrogens with zero attached hydrogens (tertiary/aromatic N) is 2. The number of hydrogen-bond donors (Lipinski definition) is 1. The van der Waals surface area contributed by atoms with Crippen LogP contribution < -0.4 is 5.32 Å². The van der Waals surface area contributed by atoms with Crippen molar-refractivity contribution >= 4 is 17.3 Å². The van der Waals surface area contributed by atoms with Gasteiger partial charge >= 0.3 is 0 Å². The molecular formula is C20H23N3O3. The van der Waals surface area contributed by atoms with E-state index in [1.54, 1.807) is 18.0 Å². The van der Waals surface area contributed by atoms with Crippen molar-refractivity contribution in [3.8, 4) is 0 Å². The molecule has 1 saturated heterocycles. The molecule has 0 unspecified atom stereocenters. The minimum atomic E-state index is -0.470. The largest absolute Gasteiger partial charge is 0.387 e. The number of anilines is 1. The summed E-state index contributed by atoms with van der Waals surface area (Å²) in [4.78, 5) is 25.2. The van der Waals surface area contributed by atoms with Crippen LogP contribution in [0.3, 0.4) is 0 Å². The Morgan fingerprint density at radius 1 is 1.19 bits per heavy atom. The van der Waals surface area contributed by atoms with E-state index in [0.717, 1.165) is 19.3 Å². The Labute approximate surface area is 153 Å². The van der Waals surface area contributed by atoms with Gasteiger partial charge in [0.05, 0.1) is 10.5 Å². The van der Waals surface area contributed by atoms with Crippen LogP contribution >= 0.6 is 0 Å². The summed E-state index contributed by atoms with van der Waals surface area (Å²) < 4.78 is 0. The predicted molar refractivity (Wildman–Crippen MR) is 101 cm³/mol. The first-order valence-electron chi connectivity index (χ1n) is 8.88. The normalized spacial score (nSPS) is 14.9. The van der Waals surface area contributed by atoms with Crippen molar-refractivity contribution in [2.75, 3.05) is 25.5 Å². The molecular weight excluding hydrogens is 330 g/mol. The Morgan fingerprint density at radius 2 is 1.88 bits per heavy atom. The van der Waals surface area contributed by atoms with Gasteiger partial charge in [-0.1, -0.05) is 30.3 Å². The summed E-state index contributed by atoms with van der Waals surface area (Å²) in [5, 5.41) is 14.0. The number of nitrogens with one attached hydrogen (secondary N) is 1. The maximum atomic E-state index is 12.9. The van der Waals surface area contributed by atoms with Gasteiger partial charge in [0.1, 0.15) is 0 Å². The molecule has 0 aliphatic carbocycles. The van der Waals surface area contributed by atoms with Crippen LogP contribution in [0, 0.1) is 16.0 Å². The Hall–Kier alpha value is -2.89. The lowest BCUT2D eigenvalue weighted by Gasteiger charge is -2.32. The van der Waals surface area contributed by atoms with Gasteiger partial charge in [-0.2, -0.15) is 0 Å². The second-order valence-corrected chi connectivity index (χ2v) is 6.66. The van der Waals surface area contributed by atoms with E-state index in [2.05, 4.69) is 29.6 Å². The average molecular weight is 353 g/mol. The molecule has 1 amide bonds. The van der Waals surface area contributed by atoms with Gasteiger partial charge in [0.25, 0.3) is 11.6 Å². The fourth-order valence-electron chi connectivity index (χ4n) is 3.50. The number of rotatable bonds is 5. The summed E-state index contributed by atoms with van der Waals surface area (Å²) in [5.41, 5.74) is 2.25. The lowest BCUT2D eigenvalue weighted by atomic mass is 9.90. The number of amides is 1. The van der Waals surface area contributed by atoms with Crippen molar-refractivity contribution in [1.82, 2.24) is 4.90 Å². The molecule has 1 N–H and O–H groups in total. The number of benzene rings is 2. The van der Waals surface area contributed by atoms with Gasteiger partial charge in [-0.25, -0.2) is 0 Å². The Balaban J connectivity index is 1.67. The molecule has 26 heavy (non-hydrogen) atoms. The van der Waals surface area contributed by atoms with Crippen LogP contribution in [0.1, 0.15) is 28.8 Å². The highest BCUT2D eigenvalue weighted by Gasteiger charge is 2.26. The van der Waals surface area contributed by atoms with E-state index < -0.39 is 4.92 Å². The maximum Gasteiger partial charge on any atom is 0.270 e. The van der Waals surface area contributed by atoms with Crippen molar-refractivity contribution in [3.63, 3.8) is 0 Å². The fraction of sp³-hybridized carbons (Fsp3) is 0.350. The summed E-state index contributed by atoms with van der Waals surface area (Å²) in [5.74, 6) is 0.423. The quantitative estimate of drug-likeness (QED) is 0.656. The summed E-state index contributed by atoms with van der Waals surface area (Å²) in [7, 11) is 1.71. The van der Waals surface area contributed by atoms with Crippen molar-refractivity contribution in [1.29, 1.82) is 0 Å². The monoisotopic (exact) mass is 353 g/mol. The molecule has 0 bridgehead atoms. The van der Waals surface area contributed by atoms with Gasteiger partial charge in [0.15, 0.2) is 0 Å². The fourth-order valence-corrected chi connectivity index (χ4v) is 3.50. The van der Waals surface area contributed by atoms with E-state index in [9.17, 15) is 14.9 Å². The third-order valence-electron chi connectivity index (χ3n) is 4.98. The highest BCUT2D eigenvalue weighted by Crippen LogP contribution is 2.27. The summed E-state index contributed by atoms with van der Waals surface area (Å²) in [6, 6.07) is 14.8. The smallest absolute Gasteiger partial charge is 0.270 e. The highest BCUT2D eigenvalue weighted by molar-refractivity contribution is 6.00. The zero-order chi connectivity index (χ0) is 18.5. The van der Waals surface area contributed by atoms with Crippen molar-refractivity contribution in [2.24, 2.45) is 5.92 Å². The molecule has 0 aromatic heterocycles. The number of hydrogen-bond acceptors (Lipinski definition) is 4. The van der Waals surface area contributed by atoms with Crippen molar-refractivity contribution in [2.45, 2.75) is 19.3 Å². The third kappa shape index (κ3) is 4.02. The molecule has 1 aliphatic heterocycles. The lowest BCUT2D eigenvalue weighted by molar-refractivity contribution is -0.384. The summed E-state index contributed by atoms with van der Waals surface area (Å²) >= 11 is 0. The van der Waals surface area contributed by atoms with E-state index in [1.165, 1.54) is 17.7 Å². The molecule has 0 atom stereocenters. The van der Waals surface area contributed by atoms with E-state index in [1.807, 2.05) is 6.07 Å². The van der Waals surface area contributed by atoms with Crippen LogP contribution in [-0.4, -0.2) is 35.9 Å². The van der Waals surface area contributed by atoms with Gasteiger partial charge in [-0.05, 0) is 36.8 Å². The average Bonchev–Trinajstić information content (AvgIpc) is 2.68. The molecule has 2 aromatic rings. The SMILES string of the molecule is CNc1ccc([N+](=O)[O-])cc1C(=O)N1CCC(Cc2ccccc2)CC1. The number of piperidine rings is 1. The molecule has 136 valence electrons. The number of nitro groups is 1. The Bertz CT molecular complexity index is 784. The molecule has 1 aliphatic rings. The Morgan fingerprint density at radius 3 is 2.50 bits per heavy atom. The van der Waals surface area contributed by atoms with Crippen molar-refractivity contribution in [3.05, 3.63) is 69.8 Å². The van der Waals surface area contributed by atoms with E-state index in [0.29, 0.717) is 30.3 Å². The lowest BCUT2D eigenvalue weighted by Crippen LogP contribution is -2.39. The maximum absolute atomic E-state index is 12.9. The second-order valence-electron chi connectivity index (χ2n) is 6.66. The number of nitro benzene ring substituents is 1. The topological polar surface area (TPSA) is 75.5 Å². The minimum Gasteiger partial charge on any atom is -0.387 e. The predicted octanol–water partition coefficient (Wildman–Crippen LogP) is 3.73. The second kappa shape index (κ2) is 7.99.